The Kier molecular flexibility index (Phi) is 7.12. The van der Waals surface area contributed by atoms with Gasteiger partial charge in [0.1, 0.15) is 0 Å². The molecule has 3 heterocycles. The summed E-state index contributed by atoms with van der Waals surface area (Å²) in [5.74, 6) is 0. The van der Waals surface area contributed by atoms with Crippen molar-refractivity contribution in [3.63, 3.8) is 0 Å². The second-order valence-electron chi connectivity index (χ2n) is 15.5. The summed E-state index contributed by atoms with van der Waals surface area (Å²) in [5, 5.41) is 12.8. The Labute approximate surface area is 348 Å². The molecule has 0 saturated heterocycles. The number of fused-ring (bicyclic) bond motifs is 11. The second kappa shape index (κ2) is 12.7. The van der Waals surface area contributed by atoms with Crippen LogP contribution in [0.2, 0.25) is 0 Å². The van der Waals surface area contributed by atoms with E-state index in [9.17, 15) is 0 Å². The molecule has 13 rings (SSSR count). The summed E-state index contributed by atoms with van der Waals surface area (Å²) in [4.78, 5) is 0. The third-order valence-corrected chi connectivity index (χ3v) is 14.8. The van der Waals surface area contributed by atoms with Crippen molar-refractivity contribution in [1.29, 1.82) is 0 Å². The molecule has 0 aliphatic rings. The van der Waals surface area contributed by atoms with E-state index < -0.39 is 0 Å². The van der Waals surface area contributed by atoms with Gasteiger partial charge >= 0.3 is 0 Å². The van der Waals surface area contributed by atoms with Crippen molar-refractivity contribution >= 4 is 106 Å². The maximum atomic E-state index is 2.55. The second-order valence-corrected chi connectivity index (χ2v) is 17.6. The standard InChI is InChI=1S/C56H33NS2/c1-2-14-34(15-3-1)53-41-18-4-6-20-43(41)54(44-21-7-5-19-42(44)53)57-49-30-28-35(37-22-12-24-45-39-16-8-10-26-51(39)58-55(37)45)32-47(49)48-33-36(29-31-50(48)57)38-23-13-25-46-40-17-9-11-27-52(40)59-56(38)46/h1-33H. The molecule has 59 heavy (non-hydrogen) atoms. The lowest BCUT2D eigenvalue weighted by Gasteiger charge is -2.19. The van der Waals surface area contributed by atoms with Gasteiger partial charge < -0.3 is 4.57 Å². The maximum Gasteiger partial charge on any atom is 0.0619 e. The smallest absolute Gasteiger partial charge is 0.0619 e. The predicted octanol–water partition coefficient (Wildman–Crippen LogP) is 16.8. The van der Waals surface area contributed by atoms with E-state index in [-0.39, 0.29) is 0 Å². The number of thiophene rings is 2. The molecule has 0 bridgehead atoms. The monoisotopic (exact) mass is 783 g/mol. The molecule has 0 saturated carbocycles. The van der Waals surface area contributed by atoms with E-state index in [1.54, 1.807) is 0 Å². The number of nitrogens with zero attached hydrogens (tertiary/aromatic N) is 1. The summed E-state index contributed by atoms with van der Waals surface area (Å²) < 4.78 is 7.87. The summed E-state index contributed by atoms with van der Waals surface area (Å²) >= 11 is 3.79. The highest BCUT2D eigenvalue weighted by Crippen LogP contribution is 2.47. The van der Waals surface area contributed by atoms with E-state index in [2.05, 4.69) is 205 Å². The SMILES string of the molecule is c1ccc(-c2c3ccccc3c(-n3c4ccc(-c5cccc6c5sc5ccccc56)cc4c4cc(-c5cccc6c5sc5ccccc56)ccc43)c3ccccc23)cc1. The normalized spacial score (nSPS) is 12.1. The molecule has 0 atom stereocenters. The van der Waals surface area contributed by atoms with E-state index in [0.717, 1.165) is 0 Å². The van der Waals surface area contributed by atoms with Crippen LogP contribution in [0.5, 0.6) is 0 Å². The van der Waals surface area contributed by atoms with Crippen LogP contribution in [0.15, 0.2) is 200 Å². The molecule has 0 radical (unpaired) electrons. The largest absolute Gasteiger partial charge is 0.308 e. The Balaban J connectivity index is 1.14. The zero-order valence-electron chi connectivity index (χ0n) is 31.8. The van der Waals surface area contributed by atoms with Crippen molar-refractivity contribution in [2.75, 3.05) is 0 Å². The Bertz CT molecular complexity index is 3620. The minimum absolute atomic E-state index is 1.20. The van der Waals surface area contributed by atoms with Crippen LogP contribution < -0.4 is 0 Å². The van der Waals surface area contributed by atoms with Crippen LogP contribution >= 0.6 is 22.7 Å². The molecule has 10 aromatic carbocycles. The molecule has 3 heteroatoms. The summed E-state index contributed by atoms with van der Waals surface area (Å²) in [5.41, 5.74) is 11.2. The van der Waals surface area contributed by atoms with Crippen LogP contribution in [-0.2, 0) is 0 Å². The van der Waals surface area contributed by atoms with Crippen molar-refractivity contribution in [2.24, 2.45) is 0 Å². The van der Waals surface area contributed by atoms with Gasteiger partial charge in [0, 0.05) is 61.9 Å². The van der Waals surface area contributed by atoms with Crippen LogP contribution in [0.1, 0.15) is 0 Å². The van der Waals surface area contributed by atoms with E-state index in [0.29, 0.717) is 0 Å². The van der Waals surface area contributed by atoms with E-state index in [1.807, 2.05) is 22.7 Å². The number of benzene rings is 10. The molecule has 0 N–H and O–H groups in total. The van der Waals surface area contributed by atoms with Crippen LogP contribution in [-0.4, -0.2) is 4.57 Å². The first-order valence-electron chi connectivity index (χ1n) is 20.2. The minimum atomic E-state index is 1.20. The highest BCUT2D eigenvalue weighted by atomic mass is 32.1. The van der Waals surface area contributed by atoms with E-state index in [4.69, 9.17) is 0 Å². The van der Waals surface area contributed by atoms with Gasteiger partial charge in [-0.05, 0) is 80.6 Å². The van der Waals surface area contributed by atoms with Crippen LogP contribution in [0.3, 0.4) is 0 Å². The van der Waals surface area contributed by atoms with Crippen molar-refractivity contribution < 1.29 is 0 Å². The molecular weight excluding hydrogens is 751 g/mol. The van der Waals surface area contributed by atoms with Crippen LogP contribution in [0.25, 0.3) is 123 Å². The fourth-order valence-corrected chi connectivity index (χ4v) is 12.3. The fourth-order valence-electron chi connectivity index (χ4n) is 9.81. The summed E-state index contributed by atoms with van der Waals surface area (Å²) in [6.07, 6.45) is 0. The van der Waals surface area contributed by atoms with E-state index >= 15 is 0 Å². The highest BCUT2D eigenvalue weighted by molar-refractivity contribution is 7.26. The Morgan fingerprint density at radius 3 is 1.22 bits per heavy atom. The van der Waals surface area contributed by atoms with Crippen molar-refractivity contribution in [3.8, 4) is 39.1 Å². The molecule has 3 aromatic heterocycles. The van der Waals surface area contributed by atoms with Gasteiger partial charge in [0.2, 0.25) is 0 Å². The Morgan fingerprint density at radius 2 is 0.712 bits per heavy atom. The fraction of sp³-hybridized carbons (Fsp3) is 0. The summed E-state index contributed by atoms with van der Waals surface area (Å²) in [7, 11) is 0. The third-order valence-electron chi connectivity index (χ3n) is 12.4. The first-order chi connectivity index (χ1) is 29.3. The average Bonchev–Trinajstić information content (AvgIpc) is 3.98. The maximum absolute atomic E-state index is 2.55. The Hall–Kier alpha value is -7.04. The zero-order valence-corrected chi connectivity index (χ0v) is 33.4. The molecule has 0 aliphatic carbocycles. The minimum Gasteiger partial charge on any atom is -0.308 e. The number of hydrogen-bond donors (Lipinski definition) is 0. The summed E-state index contributed by atoms with van der Waals surface area (Å²) in [6.45, 7) is 0. The lowest BCUT2D eigenvalue weighted by Crippen LogP contribution is -1.99. The molecule has 0 spiro atoms. The first-order valence-corrected chi connectivity index (χ1v) is 21.8. The van der Waals surface area contributed by atoms with Gasteiger partial charge in [0.25, 0.3) is 0 Å². The molecule has 1 nitrogen and oxygen atoms in total. The molecular formula is C56H33NS2. The van der Waals surface area contributed by atoms with Gasteiger partial charge in [-0.3, -0.25) is 0 Å². The molecule has 0 aliphatic heterocycles. The quantitative estimate of drug-likeness (QED) is 0.157. The Morgan fingerprint density at radius 1 is 0.288 bits per heavy atom. The zero-order chi connectivity index (χ0) is 38.6. The van der Waals surface area contributed by atoms with Gasteiger partial charge in [-0.15, -0.1) is 22.7 Å². The van der Waals surface area contributed by atoms with Crippen molar-refractivity contribution in [1.82, 2.24) is 4.57 Å². The lowest BCUT2D eigenvalue weighted by molar-refractivity contribution is 1.21. The first kappa shape index (κ1) is 33.0. The van der Waals surface area contributed by atoms with Crippen LogP contribution in [0, 0.1) is 0 Å². The molecule has 0 fully saturated rings. The van der Waals surface area contributed by atoms with Crippen LogP contribution in [0.4, 0.5) is 0 Å². The predicted molar refractivity (Wildman–Crippen MR) is 258 cm³/mol. The molecule has 0 amide bonds. The van der Waals surface area contributed by atoms with Gasteiger partial charge in [-0.25, -0.2) is 0 Å². The molecule has 0 unspecified atom stereocenters. The van der Waals surface area contributed by atoms with Crippen molar-refractivity contribution in [3.05, 3.63) is 200 Å². The lowest BCUT2D eigenvalue weighted by atomic mass is 9.90. The number of hydrogen-bond acceptors (Lipinski definition) is 2. The average molecular weight is 784 g/mol. The van der Waals surface area contributed by atoms with Gasteiger partial charge in [-0.1, -0.05) is 164 Å². The third kappa shape index (κ3) is 4.83. The molecule has 13 aromatic rings. The van der Waals surface area contributed by atoms with Gasteiger partial charge in [-0.2, -0.15) is 0 Å². The topological polar surface area (TPSA) is 4.93 Å². The summed E-state index contributed by atoms with van der Waals surface area (Å²) in [6, 6.07) is 74.4. The molecule has 274 valence electrons. The van der Waals surface area contributed by atoms with E-state index in [1.165, 1.54) is 123 Å². The highest BCUT2D eigenvalue weighted by Gasteiger charge is 2.22. The number of rotatable bonds is 4. The van der Waals surface area contributed by atoms with Gasteiger partial charge in [0.15, 0.2) is 0 Å². The van der Waals surface area contributed by atoms with Gasteiger partial charge in [0.05, 0.1) is 16.7 Å². The number of aromatic nitrogens is 1. The van der Waals surface area contributed by atoms with Crippen molar-refractivity contribution in [2.45, 2.75) is 0 Å².